The van der Waals surface area contributed by atoms with Gasteiger partial charge in [0.15, 0.2) is 5.78 Å². The molecule has 0 spiro atoms. The molecule has 1 aromatic heterocycles. The molecule has 1 atom stereocenters. The van der Waals surface area contributed by atoms with Gasteiger partial charge in [-0.25, -0.2) is 23.1 Å². The van der Waals surface area contributed by atoms with Crippen molar-refractivity contribution in [2.24, 2.45) is 0 Å². The number of aromatic nitrogens is 2. The number of halogens is 3. The van der Waals surface area contributed by atoms with E-state index in [2.05, 4.69) is 19.8 Å². The molecule has 0 amide bonds. The van der Waals surface area contributed by atoms with Crippen molar-refractivity contribution in [3.8, 4) is 0 Å². The van der Waals surface area contributed by atoms with E-state index in [-0.39, 0.29) is 23.9 Å². The molecule has 5 rings (SSSR count). The number of piperazine rings is 1. The van der Waals surface area contributed by atoms with Crippen LogP contribution in [0.1, 0.15) is 34.0 Å². The largest absolute Gasteiger partial charge is 0.368 e. The van der Waals surface area contributed by atoms with E-state index >= 15 is 0 Å². The summed E-state index contributed by atoms with van der Waals surface area (Å²) in [6.07, 6.45) is 2.17. The molecule has 1 fully saturated rings. The maximum Gasteiger partial charge on any atom is 0.225 e. The van der Waals surface area contributed by atoms with Crippen molar-refractivity contribution < 1.29 is 18.0 Å². The maximum absolute atomic E-state index is 13.7. The number of anilines is 2. The number of Topliss-reactive ketones (excluding diaryl/α,β-unsaturated/α-hetero) is 1. The van der Waals surface area contributed by atoms with Gasteiger partial charge in [-0.05, 0) is 54.3 Å². The van der Waals surface area contributed by atoms with Gasteiger partial charge < -0.3 is 9.80 Å². The first-order valence-corrected chi connectivity index (χ1v) is 10.6. The highest BCUT2D eigenvalue weighted by Crippen LogP contribution is 2.33. The van der Waals surface area contributed by atoms with Gasteiger partial charge >= 0.3 is 0 Å². The van der Waals surface area contributed by atoms with E-state index in [9.17, 15) is 18.0 Å². The average molecular weight is 438 g/mol. The molecule has 3 aromatic rings. The molecule has 0 saturated carbocycles. The third kappa shape index (κ3) is 4.04. The van der Waals surface area contributed by atoms with Gasteiger partial charge in [-0.2, -0.15) is 0 Å². The summed E-state index contributed by atoms with van der Waals surface area (Å²) in [5.41, 5.74) is 2.52. The van der Waals surface area contributed by atoms with Crippen LogP contribution in [0, 0.1) is 17.5 Å². The second-order valence-corrected chi connectivity index (χ2v) is 8.21. The fourth-order valence-corrected chi connectivity index (χ4v) is 4.45. The summed E-state index contributed by atoms with van der Waals surface area (Å²) in [7, 11) is 0. The molecule has 164 valence electrons. The topological polar surface area (TPSA) is 49.3 Å². The van der Waals surface area contributed by atoms with Crippen LogP contribution in [0.5, 0.6) is 0 Å². The van der Waals surface area contributed by atoms with Crippen LogP contribution < -0.4 is 9.80 Å². The van der Waals surface area contributed by atoms with Crippen molar-refractivity contribution in [1.82, 2.24) is 9.97 Å². The molecule has 1 saturated heterocycles. The van der Waals surface area contributed by atoms with Crippen LogP contribution >= 0.6 is 0 Å². The lowest BCUT2D eigenvalue weighted by molar-refractivity contribution is 0.0962. The van der Waals surface area contributed by atoms with Crippen LogP contribution in [-0.4, -0.2) is 41.9 Å². The minimum absolute atomic E-state index is 0.117. The van der Waals surface area contributed by atoms with Gasteiger partial charge in [0.1, 0.15) is 17.5 Å². The predicted octanol–water partition coefficient (Wildman–Crippen LogP) is 4.13. The number of carbonyl (C=O) groups is 1. The van der Waals surface area contributed by atoms with Gasteiger partial charge in [-0.1, -0.05) is 0 Å². The highest BCUT2D eigenvalue weighted by Gasteiger charge is 2.30. The number of rotatable bonds is 3. The summed E-state index contributed by atoms with van der Waals surface area (Å²) in [5, 5.41) is 0. The Kier molecular flexibility index (Phi) is 5.28. The minimum Gasteiger partial charge on any atom is -0.368 e. The monoisotopic (exact) mass is 438 g/mol. The number of hydrogen-bond donors (Lipinski definition) is 0. The maximum atomic E-state index is 13.7. The van der Waals surface area contributed by atoms with Crippen molar-refractivity contribution in [1.29, 1.82) is 0 Å². The predicted molar refractivity (Wildman–Crippen MR) is 115 cm³/mol. The van der Waals surface area contributed by atoms with Crippen molar-refractivity contribution in [3.05, 3.63) is 82.9 Å². The first kappa shape index (κ1) is 20.5. The van der Waals surface area contributed by atoms with Crippen molar-refractivity contribution in [2.75, 3.05) is 36.0 Å². The number of hydrogen-bond acceptors (Lipinski definition) is 5. The van der Waals surface area contributed by atoms with Crippen LogP contribution in [0.3, 0.4) is 0 Å². The third-order valence-corrected chi connectivity index (χ3v) is 6.14. The van der Waals surface area contributed by atoms with E-state index in [0.29, 0.717) is 42.3 Å². The molecule has 0 N–H and O–H groups in total. The smallest absolute Gasteiger partial charge is 0.225 e. The summed E-state index contributed by atoms with van der Waals surface area (Å²) < 4.78 is 40.5. The molecule has 0 radical (unpaired) electrons. The Bertz CT molecular complexity index is 1140. The molecule has 8 heteroatoms. The van der Waals surface area contributed by atoms with Crippen molar-refractivity contribution in [3.63, 3.8) is 0 Å². The first-order chi connectivity index (χ1) is 15.5. The molecule has 1 aliphatic heterocycles. The van der Waals surface area contributed by atoms with E-state index in [4.69, 9.17) is 0 Å². The molecule has 32 heavy (non-hydrogen) atoms. The second kappa shape index (κ2) is 8.26. The molecule has 2 aliphatic rings. The summed E-state index contributed by atoms with van der Waals surface area (Å²) in [6, 6.07) is 9.82. The molecule has 5 nitrogen and oxygen atoms in total. The number of fused-ring (bicyclic) bond motifs is 1. The molecule has 0 bridgehead atoms. The summed E-state index contributed by atoms with van der Waals surface area (Å²) in [6.45, 7) is 2.83. The van der Waals surface area contributed by atoms with E-state index in [1.165, 1.54) is 24.3 Å². The van der Waals surface area contributed by atoms with E-state index in [0.717, 1.165) is 24.8 Å². The second-order valence-electron chi connectivity index (χ2n) is 8.21. The zero-order valence-corrected chi connectivity index (χ0v) is 17.3. The molecular weight excluding hydrogens is 417 g/mol. The number of ketones is 1. The normalized spacial score (nSPS) is 18.6. The zero-order valence-electron chi connectivity index (χ0n) is 17.3. The Hall–Kier alpha value is -3.42. The molecule has 2 heterocycles. The highest BCUT2D eigenvalue weighted by atomic mass is 19.1. The Labute approximate surface area is 183 Å². The average Bonchev–Trinajstić information content (AvgIpc) is 2.79. The Morgan fingerprint density at radius 3 is 2.16 bits per heavy atom. The molecule has 2 aromatic carbocycles. The van der Waals surface area contributed by atoms with Crippen LogP contribution in [0.25, 0.3) is 0 Å². The van der Waals surface area contributed by atoms with Crippen molar-refractivity contribution in [2.45, 2.75) is 18.8 Å². The number of nitrogens with zero attached hydrogens (tertiary/aromatic N) is 4. The molecular formula is C24H21F3N4O. The lowest BCUT2D eigenvalue weighted by atomic mass is 9.82. The Balaban J connectivity index is 1.33. The standard InChI is InChI=1S/C24H21F3N4O/c25-17-1-3-20(4-2-17)30-5-7-31(8-6-30)24-28-14-21-22(29-24)11-16(12-23(21)32)15-9-18(26)13-19(27)10-15/h1-4,9-10,13-14,16H,5-8,11-12H2. The van der Waals surface area contributed by atoms with Gasteiger partial charge in [0, 0.05) is 50.6 Å². The van der Waals surface area contributed by atoms with E-state index < -0.39 is 11.6 Å². The zero-order chi connectivity index (χ0) is 22.2. The third-order valence-electron chi connectivity index (χ3n) is 6.14. The van der Waals surface area contributed by atoms with Gasteiger partial charge in [0.2, 0.25) is 5.95 Å². The number of benzene rings is 2. The summed E-state index contributed by atoms with van der Waals surface area (Å²) in [5.74, 6) is -1.46. The fraction of sp³-hybridized carbons (Fsp3) is 0.292. The first-order valence-electron chi connectivity index (χ1n) is 10.6. The quantitative estimate of drug-likeness (QED) is 0.616. The van der Waals surface area contributed by atoms with Gasteiger partial charge in [0.05, 0.1) is 11.3 Å². The lowest BCUT2D eigenvalue weighted by Crippen LogP contribution is -2.47. The fourth-order valence-electron chi connectivity index (χ4n) is 4.45. The minimum atomic E-state index is -0.652. The van der Waals surface area contributed by atoms with E-state index in [1.54, 1.807) is 18.3 Å². The van der Waals surface area contributed by atoms with Crippen LogP contribution in [0.15, 0.2) is 48.7 Å². The van der Waals surface area contributed by atoms with Gasteiger partial charge in [0.25, 0.3) is 0 Å². The van der Waals surface area contributed by atoms with Crippen molar-refractivity contribution >= 4 is 17.4 Å². The lowest BCUT2D eigenvalue weighted by Gasteiger charge is -2.36. The van der Waals surface area contributed by atoms with Crippen LogP contribution in [0.4, 0.5) is 24.8 Å². The van der Waals surface area contributed by atoms with Crippen LogP contribution in [-0.2, 0) is 6.42 Å². The Morgan fingerprint density at radius 1 is 0.812 bits per heavy atom. The van der Waals surface area contributed by atoms with Crippen LogP contribution in [0.2, 0.25) is 0 Å². The summed E-state index contributed by atoms with van der Waals surface area (Å²) in [4.78, 5) is 25.9. The Morgan fingerprint density at radius 2 is 1.47 bits per heavy atom. The summed E-state index contributed by atoms with van der Waals surface area (Å²) >= 11 is 0. The van der Waals surface area contributed by atoms with Gasteiger partial charge in [-0.3, -0.25) is 4.79 Å². The molecule has 1 unspecified atom stereocenters. The SMILES string of the molecule is O=C1CC(c2cc(F)cc(F)c2)Cc2nc(N3CCN(c4ccc(F)cc4)CC3)ncc21. The highest BCUT2D eigenvalue weighted by molar-refractivity contribution is 5.98. The molecule has 1 aliphatic carbocycles. The van der Waals surface area contributed by atoms with E-state index in [1.807, 2.05) is 0 Å². The number of carbonyl (C=O) groups excluding carboxylic acids is 1. The van der Waals surface area contributed by atoms with Gasteiger partial charge in [-0.15, -0.1) is 0 Å².